The van der Waals surface area contributed by atoms with E-state index in [1.165, 1.54) is 0 Å². The largest absolute Gasteiger partial charge is 0.308 e. The monoisotopic (exact) mass is 268 g/mol. The lowest BCUT2D eigenvalue weighted by Crippen LogP contribution is -2.14. The highest BCUT2D eigenvalue weighted by Gasteiger charge is 2.13. The van der Waals surface area contributed by atoms with Crippen molar-refractivity contribution >= 4 is 16.9 Å². The van der Waals surface area contributed by atoms with Gasteiger partial charge in [-0.05, 0) is 19.1 Å². The molecule has 3 rings (SSSR count). The molecule has 2 aromatic heterocycles. The van der Waals surface area contributed by atoms with Crippen molar-refractivity contribution in [2.75, 3.05) is 5.43 Å². The van der Waals surface area contributed by atoms with Gasteiger partial charge in [-0.15, -0.1) is 0 Å². The molecule has 0 saturated carbocycles. The third kappa shape index (κ3) is 1.90. The predicted molar refractivity (Wildman–Crippen MR) is 78.6 cm³/mol. The average Bonchev–Trinajstić information content (AvgIpc) is 2.91. The molecule has 0 spiro atoms. The van der Waals surface area contributed by atoms with Gasteiger partial charge in [0.15, 0.2) is 0 Å². The minimum absolute atomic E-state index is 0.643. The number of hydrogen-bond acceptors (Lipinski definition) is 5. The molecule has 0 aliphatic heterocycles. The second kappa shape index (κ2) is 4.90. The molecule has 3 aromatic rings. The molecular formula is C14H16N6. The van der Waals surface area contributed by atoms with Crippen molar-refractivity contribution in [3.05, 3.63) is 42.0 Å². The van der Waals surface area contributed by atoms with Gasteiger partial charge in [0.05, 0.1) is 11.0 Å². The molecular weight excluding hydrogens is 252 g/mol. The van der Waals surface area contributed by atoms with Gasteiger partial charge in [0.1, 0.15) is 23.8 Å². The number of anilines is 1. The predicted octanol–water partition coefficient (Wildman–Crippen LogP) is 1.97. The van der Waals surface area contributed by atoms with Crippen LogP contribution in [0.25, 0.3) is 16.9 Å². The van der Waals surface area contributed by atoms with Crippen molar-refractivity contribution in [3.63, 3.8) is 0 Å². The van der Waals surface area contributed by atoms with Crippen molar-refractivity contribution in [1.29, 1.82) is 0 Å². The van der Waals surface area contributed by atoms with Crippen LogP contribution in [-0.2, 0) is 6.42 Å². The fourth-order valence-electron chi connectivity index (χ4n) is 2.21. The molecule has 0 fully saturated rings. The van der Waals surface area contributed by atoms with Gasteiger partial charge in [-0.3, -0.25) is 4.57 Å². The van der Waals surface area contributed by atoms with Gasteiger partial charge in [-0.25, -0.2) is 20.8 Å². The van der Waals surface area contributed by atoms with Crippen LogP contribution in [-0.4, -0.2) is 19.5 Å². The zero-order valence-electron chi connectivity index (χ0n) is 11.5. The summed E-state index contributed by atoms with van der Waals surface area (Å²) in [6.45, 7) is 3.96. The van der Waals surface area contributed by atoms with Gasteiger partial charge in [0.25, 0.3) is 0 Å². The zero-order chi connectivity index (χ0) is 14.1. The quantitative estimate of drug-likeness (QED) is 0.560. The summed E-state index contributed by atoms with van der Waals surface area (Å²) in [4.78, 5) is 13.4. The number of hydrazine groups is 1. The average molecular weight is 268 g/mol. The van der Waals surface area contributed by atoms with E-state index in [1.54, 1.807) is 6.33 Å². The summed E-state index contributed by atoms with van der Waals surface area (Å²) in [6, 6.07) is 7.95. The Kier molecular flexibility index (Phi) is 3.08. The molecule has 3 N–H and O–H groups in total. The molecule has 0 amide bonds. The molecule has 0 aliphatic carbocycles. The second-order valence-electron chi connectivity index (χ2n) is 4.54. The number of aryl methyl sites for hydroxylation is 1. The minimum atomic E-state index is 0.643. The molecule has 6 heteroatoms. The highest BCUT2D eigenvalue weighted by atomic mass is 15.3. The number of rotatable bonds is 3. The summed E-state index contributed by atoms with van der Waals surface area (Å²) in [5, 5.41) is 0. The van der Waals surface area contributed by atoms with Gasteiger partial charge in [-0.2, -0.15) is 0 Å². The highest BCUT2D eigenvalue weighted by Crippen LogP contribution is 2.22. The van der Waals surface area contributed by atoms with E-state index in [0.29, 0.717) is 5.82 Å². The van der Waals surface area contributed by atoms with Gasteiger partial charge in [-0.1, -0.05) is 19.1 Å². The lowest BCUT2D eigenvalue weighted by Gasteiger charge is -2.12. The Balaban J connectivity index is 2.28. The fourth-order valence-corrected chi connectivity index (χ4v) is 2.21. The highest BCUT2D eigenvalue weighted by molar-refractivity contribution is 5.77. The van der Waals surface area contributed by atoms with Gasteiger partial charge in [0, 0.05) is 12.0 Å². The number of benzene rings is 1. The summed E-state index contributed by atoms with van der Waals surface area (Å²) in [5.41, 5.74) is 5.48. The van der Waals surface area contributed by atoms with Crippen LogP contribution in [0.15, 0.2) is 30.6 Å². The van der Waals surface area contributed by atoms with E-state index < -0.39 is 0 Å². The number of fused-ring (bicyclic) bond motifs is 1. The third-order valence-corrected chi connectivity index (χ3v) is 3.30. The topological polar surface area (TPSA) is 81.6 Å². The Morgan fingerprint density at radius 2 is 2.05 bits per heavy atom. The van der Waals surface area contributed by atoms with E-state index in [1.807, 2.05) is 42.7 Å². The summed E-state index contributed by atoms with van der Waals surface area (Å²) in [5.74, 6) is 7.74. The molecule has 0 atom stereocenters. The molecule has 2 heterocycles. The van der Waals surface area contributed by atoms with E-state index >= 15 is 0 Å². The Bertz CT molecular complexity index is 761. The van der Waals surface area contributed by atoms with Crippen LogP contribution in [0.2, 0.25) is 0 Å². The van der Waals surface area contributed by atoms with Crippen molar-refractivity contribution < 1.29 is 0 Å². The first-order valence-electron chi connectivity index (χ1n) is 6.51. The Hall–Kier alpha value is -2.47. The van der Waals surface area contributed by atoms with Crippen LogP contribution < -0.4 is 11.3 Å². The number of nitrogens with zero attached hydrogens (tertiary/aromatic N) is 4. The van der Waals surface area contributed by atoms with E-state index in [0.717, 1.165) is 34.7 Å². The van der Waals surface area contributed by atoms with Crippen LogP contribution in [0.1, 0.15) is 18.3 Å². The first kappa shape index (κ1) is 12.6. The molecule has 0 bridgehead atoms. The van der Waals surface area contributed by atoms with Gasteiger partial charge >= 0.3 is 0 Å². The Morgan fingerprint density at radius 3 is 2.80 bits per heavy atom. The minimum Gasteiger partial charge on any atom is -0.308 e. The third-order valence-electron chi connectivity index (χ3n) is 3.30. The van der Waals surface area contributed by atoms with E-state index in [9.17, 15) is 0 Å². The Morgan fingerprint density at radius 1 is 1.25 bits per heavy atom. The molecule has 6 nitrogen and oxygen atoms in total. The maximum absolute atomic E-state index is 5.54. The number of nitrogens with one attached hydrogen (secondary N) is 1. The van der Waals surface area contributed by atoms with Gasteiger partial charge in [0.2, 0.25) is 0 Å². The summed E-state index contributed by atoms with van der Waals surface area (Å²) in [6.07, 6.45) is 2.52. The van der Waals surface area contributed by atoms with E-state index in [2.05, 4.69) is 20.4 Å². The number of para-hydroxylation sites is 2. The fraction of sp³-hybridized carbons (Fsp3) is 0.214. The van der Waals surface area contributed by atoms with Crippen LogP contribution in [0.3, 0.4) is 0 Å². The van der Waals surface area contributed by atoms with Crippen LogP contribution >= 0.6 is 0 Å². The molecule has 1 aromatic carbocycles. The number of aromatic nitrogens is 4. The summed E-state index contributed by atoms with van der Waals surface area (Å²) in [7, 11) is 0. The van der Waals surface area contributed by atoms with E-state index in [-0.39, 0.29) is 0 Å². The lowest BCUT2D eigenvalue weighted by atomic mass is 10.2. The zero-order valence-corrected chi connectivity index (χ0v) is 11.5. The first-order valence-corrected chi connectivity index (χ1v) is 6.51. The standard InChI is InChI=1S/C14H16N6/c1-3-12-17-13(19-15)9(2)14(18-12)20-8-16-10-6-4-5-7-11(10)20/h4-8H,3,15H2,1-2H3,(H,17,18,19). The number of nitrogen functional groups attached to an aromatic ring is 1. The van der Waals surface area contributed by atoms with Crippen molar-refractivity contribution in [1.82, 2.24) is 19.5 Å². The smallest absolute Gasteiger partial charge is 0.148 e. The van der Waals surface area contributed by atoms with Crippen molar-refractivity contribution in [2.45, 2.75) is 20.3 Å². The summed E-state index contributed by atoms with van der Waals surface area (Å²) >= 11 is 0. The van der Waals surface area contributed by atoms with Gasteiger partial charge < -0.3 is 5.43 Å². The maximum Gasteiger partial charge on any atom is 0.148 e. The first-order chi connectivity index (χ1) is 9.74. The number of nitrogens with two attached hydrogens (primary N) is 1. The maximum atomic E-state index is 5.54. The molecule has 0 aliphatic rings. The van der Waals surface area contributed by atoms with Crippen molar-refractivity contribution in [3.8, 4) is 5.82 Å². The molecule has 102 valence electrons. The number of hydrogen-bond donors (Lipinski definition) is 2. The van der Waals surface area contributed by atoms with Crippen LogP contribution in [0.4, 0.5) is 5.82 Å². The van der Waals surface area contributed by atoms with Crippen molar-refractivity contribution in [2.24, 2.45) is 5.84 Å². The van der Waals surface area contributed by atoms with Crippen LogP contribution in [0, 0.1) is 6.92 Å². The molecule has 0 unspecified atom stereocenters. The SMILES string of the molecule is CCc1nc(NN)c(C)c(-n2cnc3ccccc32)n1. The lowest BCUT2D eigenvalue weighted by molar-refractivity contribution is 0.882. The number of imidazole rings is 1. The van der Waals surface area contributed by atoms with E-state index in [4.69, 9.17) is 5.84 Å². The summed E-state index contributed by atoms with van der Waals surface area (Å²) < 4.78 is 1.96. The normalized spacial score (nSPS) is 10.9. The molecule has 0 radical (unpaired) electrons. The molecule has 20 heavy (non-hydrogen) atoms. The second-order valence-corrected chi connectivity index (χ2v) is 4.54. The van der Waals surface area contributed by atoms with Crippen LogP contribution in [0.5, 0.6) is 0 Å². The molecule has 0 saturated heterocycles. The Labute approximate surface area is 116 Å².